The van der Waals surface area contributed by atoms with Crippen molar-refractivity contribution in [3.63, 3.8) is 0 Å². The van der Waals surface area contributed by atoms with Crippen LogP contribution in [0.2, 0.25) is 0 Å². The number of carbonyl (C=O) groups is 2. The highest BCUT2D eigenvalue weighted by molar-refractivity contribution is 5.94. The van der Waals surface area contributed by atoms with E-state index in [1.807, 2.05) is 59.5 Å². The van der Waals surface area contributed by atoms with E-state index in [-0.39, 0.29) is 11.8 Å². The number of amides is 2. The van der Waals surface area contributed by atoms with E-state index in [2.05, 4.69) is 26.6 Å². The maximum atomic E-state index is 13.2. The van der Waals surface area contributed by atoms with E-state index in [0.717, 1.165) is 36.3 Å². The fraction of sp³-hybridized carbons (Fsp3) is 0.286. The summed E-state index contributed by atoms with van der Waals surface area (Å²) in [4.78, 5) is 33.3. The molecule has 8 nitrogen and oxygen atoms in total. The van der Waals surface area contributed by atoms with Crippen molar-refractivity contribution in [2.45, 2.75) is 19.4 Å². The number of nitrogens with one attached hydrogen (secondary N) is 2. The van der Waals surface area contributed by atoms with Crippen LogP contribution in [0.25, 0.3) is 0 Å². The summed E-state index contributed by atoms with van der Waals surface area (Å²) in [7, 11) is 0. The summed E-state index contributed by atoms with van der Waals surface area (Å²) in [6.45, 7) is 5.09. The lowest BCUT2D eigenvalue weighted by Gasteiger charge is -2.35. The Labute approximate surface area is 211 Å². The summed E-state index contributed by atoms with van der Waals surface area (Å²) in [5, 5.41) is 15.3. The molecule has 36 heavy (non-hydrogen) atoms. The van der Waals surface area contributed by atoms with Crippen molar-refractivity contribution in [3.8, 4) is 6.07 Å². The molecule has 1 aliphatic rings. The molecule has 1 atom stereocenters. The second kappa shape index (κ2) is 12.0. The fourth-order valence-corrected chi connectivity index (χ4v) is 4.24. The first-order chi connectivity index (χ1) is 17.5. The van der Waals surface area contributed by atoms with Crippen LogP contribution in [0.4, 0.5) is 11.5 Å². The predicted molar refractivity (Wildman–Crippen MR) is 139 cm³/mol. The van der Waals surface area contributed by atoms with Gasteiger partial charge in [0.1, 0.15) is 11.9 Å². The van der Waals surface area contributed by atoms with Crippen LogP contribution in [0.15, 0.2) is 72.9 Å². The summed E-state index contributed by atoms with van der Waals surface area (Å²) in [6.07, 6.45) is 2.49. The van der Waals surface area contributed by atoms with Gasteiger partial charge in [-0.15, -0.1) is 0 Å². The molecule has 1 saturated heterocycles. The Morgan fingerprint density at radius 1 is 1.00 bits per heavy atom. The Hall–Kier alpha value is -4.22. The first-order valence-electron chi connectivity index (χ1n) is 12.1. The smallest absolute Gasteiger partial charge is 0.247 e. The number of hydrogen-bond donors (Lipinski definition) is 2. The average Bonchev–Trinajstić information content (AvgIpc) is 2.92. The number of rotatable bonds is 8. The van der Waals surface area contributed by atoms with E-state index < -0.39 is 6.04 Å². The van der Waals surface area contributed by atoms with Crippen LogP contribution in [-0.4, -0.2) is 54.4 Å². The van der Waals surface area contributed by atoms with Crippen LogP contribution >= 0.6 is 0 Å². The number of piperazine rings is 1. The molecule has 2 amide bonds. The van der Waals surface area contributed by atoms with Gasteiger partial charge in [0, 0.05) is 39.6 Å². The molecular formula is C28H30N6O2. The maximum absolute atomic E-state index is 13.2. The first-order valence-corrected chi connectivity index (χ1v) is 12.1. The minimum absolute atomic E-state index is 0.101. The molecule has 184 valence electrons. The highest BCUT2D eigenvalue weighted by Gasteiger charge is 2.21. The summed E-state index contributed by atoms with van der Waals surface area (Å²) >= 11 is 0. The summed E-state index contributed by atoms with van der Waals surface area (Å²) in [6, 6.07) is 22.4. The third-order valence-corrected chi connectivity index (χ3v) is 6.33. The first kappa shape index (κ1) is 24.9. The molecule has 8 heteroatoms. The average molecular weight is 483 g/mol. The molecule has 1 aliphatic heterocycles. The molecule has 0 saturated carbocycles. The van der Waals surface area contributed by atoms with Gasteiger partial charge in [-0.1, -0.05) is 42.5 Å². The minimum Gasteiger partial charge on any atom is -0.367 e. The molecule has 1 fully saturated rings. The largest absolute Gasteiger partial charge is 0.367 e. The van der Waals surface area contributed by atoms with Crippen molar-refractivity contribution in [1.29, 1.82) is 5.26 Å². The molecule has 0 bridgehead atoms. The van der Waals surface area contributed by atoms with E-state index in [1.165, 1.54) is 0 Å². The van der Waals surface area contributed by atoms with Crippen LogP contribution in [0.5, 0.6) is 0 Å². The summed E-state index contributed by atoms with van der Waals surface area (Å²) < 4.78 is 0. The van der Waals surface area contributed by atoms with Crippen LogP contribution in [0, 0.1) is 11.3 Å². The lowest BCUT2D eigenvalue weighted by molar-refractivity contribution is -0.129. The van der Waals surface area contributed by atoms with Crippen LogP contribution in [-0.2, 0) is 16.0 Å². The monoisotopic (exact) mass is 482 g/mol. The van der Waals surface area contributed by atoms with Crippen molar-refractivity contribution >= 4 is 23.3 Å². The van der Waals surface area contributed by atoms with Gasteiger partial charge in [0.05, 0.1) is 23.5 Å². The second-order valence-corrected chi connectivity index (χ2v) is 8.74. The normalized spacial score (nSPS) is 14.1. The van der Waals surface area contributed by atoms with Crippen molar-refractivity contribution in [1.82, 2.24) is 15.2 Å². The van der Waals surface area contributed by atoms with Gasteiger partial charge < -0.3 is 20.4 Å². The number of hydrogen-bond acceptors (Lipinski definition) is 6. The molecule has 2 heterocycles. The van der Waals surface area contributed by atoms with E-state index >= 15 is 0 Å². The Kier molecular flexibility index (Phi) is 8.27. The summed E-state index contributed by atoms with van der Waals surface area (Å²) in [5.41, 5.74) is 3.56. The molecule has 3 aromatic rings. The molecule has 4 rings (SSSR count). The number of carbonyl (C=O) groups excluding carboxylic acids is 2. The standard InChI is InChI=1S/C28H30N6O2/c1-21(35)33-15-17-34(18-16-33)25-11-12-26(31-20-25)32-28(36)27(24-5-3-2-4-6-24)30-14-13-22-7-9-23(19-29)10-8-22/h2-12,20,27,30H,13-18H2,1H3,(H,31,32,36). The second-order valence-electron chi connectivity index (χ2n) is 8.74. The quantitative estimate of drug-likeness (QED) is 0.512. The predicted octanol–water partition coefficient (Wildman–Crippen LogP) is 3.13. The zero-order valence-corrected chi connectivity index (χ0v) is 20.4. The van der Waals surface area contributed by atoms with Gasteiger partial charge in [-0.05, 0) is 41.8 Å². The molecule has 2 aromatic carbocycles. The van der Waals surface area contributed by atoms with Gasteiger partial charge in [-0.2, -0.15) is 5.26 Å². The minimum atomic E-state index is -0.536. The zero-order chi connectivity index (χ0) is 25.3. The Morgan fingerprint density at radius 3 is 2.33 bits per heavy atom. The van der Waals surface area contributed by atoms with Gasteiger partial charge in [-0.3, -0.25) is 9.59 Å². The number of nitrogens with zero attached hydrogens (tertiary/aromatic N) is 4. The lowest BCUT2D eigenvalue weighted by Crippen LogP contribution is -2.48. The number of aromatic nitrogens is 1. The zero-order valence-electron chi connectivity index (χ0n) is 20.4. The third kappa shape index (κ3) is 6.46. The van der Waals surface area contributed by atoms with Crippen molar-refractivity contribution in [3.05, 3.63) is 89.6 Å². The van der Waals surface area contributed by atoms with Gasteiger partial charge in [0.15, 0.2) is 0 Å². The van der Waals surface area contributed by atoms with Crippen LogP contribution in [0.1, 0.15) is 29.7 Å². The van der Waals surface area contributed by atoms with Crippen LogP contribution < -0.4 is 15.5 Å². The van der Waals surface area contributed by atoms with Gasteiger partial charge >= 0.3 is 0 Å². The van der Waals surface area contributed by atoms with Crippen LogP contribution in [0.3, 0.4) is 0 Å². The number of benzene rings is 2. The molecule has 1 aromatic heterocycles. The van der Waals surface area contributed by atoms with Gasteiger partial charge in [-0.25, -0.2) is 4.98 Å². The molecule has 1 unspecified atom stereocenters. The Balaban J connectivity index is 1.37. The molecular weight excluding hydrogens is 452 g/mol. The molecule has 0 spiro atoms. The van der Waals surface area contributed by atoms with Crippen molar-refractivity contribution in [2.75, 3.05) is 42.9 Å². The molecule has 2 N–H and O–H groups in total. The molecule has 0 radical (unpaired) electrons. The maximum Gasteiger partial charge on any atom is 0.247 e. The SMILES string of the molecule is CC(=O)N1CCN(c2ccc(NC(=O)C(NCCc3ccc(C#N)cc3)c3ccccc3)nc2)CC1. The number of nitriles is 1. The van der Waals surface area contributed by atoms with Gasteiger partial charge in [0.2, 0.25) is 11.8 Å². The Bertz CT molecular complexity index is 1200. The van der Waals surface area contributed by atoms with E-state index in [0.29, 0.717) is 31.0 Å². The van der Waals surface area contributed by atoms with Crippen molar-refractivity contribution in [2.24, 2.45) is 0 Å². The number of pyridine rings is 1. The van der Waals surface area contributed by atoms with E-state index in [4.69, 9.17) is 5.26 Å². The lowest BCUT2D eigenvalue weighted by atomic mass is 10.1. The third-order valence-electron chi connectivity index (χ3n) is 6.33. The highest BCUT2D eigenvalue weighted by Crippen LogP contribution is 2.19. The van der Waals surface area contributed by atoms with E-state index in [9.17, 15) is 9.59 Å². The Morgan fingerprint density at radius 2 is 1.72 bits per heavy atom. The summed E-state index contributed by atoms with van der Waals surface area (Å²) in [5.74, 6) is 0.404. The number of anilines is 2. The van der Waals surface area contributed by atoms with Gasteiger partial charge in [0.25, 0.3) is 0 Å². The van der Waals surface area contributed by atoms with Crippen molar-refractivity contribution < 1.29 is 9.59 Å². The fourth-order valence-electron chi connectivity index (χ4n) is 4.24. The van der Waals surface area contributed by atoms with E-state index in [1.54, 1.807) is 25.3 Å². The molecule has 0 aliphatic carbocycles. The highest BCUT2D eigenvalue weighted by atomic mass is 16.2. The topological polar surface area (TPSA) is 101 Å².